The average Bonchev–Trinajstić information content (AvgIpc) is 3.25. The second kappa shape index (κ2) is 11.5. The van der Waals surface area contributed by atoms with Gasteiger partial charge in [-0.15, -0.1) is 0 Å². The Morgan fingerprint density at radius 2 is 1.66 bits per heavy atom. The van der Waals surface area contributed by atoms with Crippen LogP contribution in [0, 0.1) is 11.8 Å². The summed E-state index contributed by atoms with van der Waals surface area (Å²) in [7, 11) is 3.10. The van der Waals surface area contributed by atoms with Crippen molar-refractivity contribution >= 4 is 35.0 Å². The summed E-state index contributed by atoms with van der Waals surface area (Å²) < 4.78 is 0. The van der Waals surface area contributed by atoms with Crippen LogP contribution < -0.4 is 5.73 Å². The van der Waals surface area contributed by atoms with Crippen LogP contribution in [0.3, 0.4) is 0 Å². The molecule has 1 aliphatic heterocycles. The maximum atomic E-state index is 14.2. The Bertz CT molecular complexity index is 1810. The fourth-order valence-corrected chi connectivity index (χ4v) is 7.91. The Labute approximate surface area is 270 Å². The third-order valence-corrected chi connectivity index (χ3v) is 10.1. The number of phenols is 1. The maximum Gasteiger partial charge on any atom is 0.261 e. The molecule has 12 heteroatoms. The average molecular weight is 644 g/mol. The van der Waals surface area contributed by atoms with E-state index in [2.05, 4.69) is 6.92 Å². The van der Waals surface area contributed by atoms with E-state index in [9.17, 15) is 44.4 Å². The molecule has 2 aromatic rings. The molecule has 0 spiro atoms. The van der Waals surface area contributed by atoms with E-state index in [1.54, 1.807) is 44.4 Å². The number of hydrogen-bond donors (Lipinski definition) is 5. The summed E-state index contributed by atoms with van der Waals surface area (Å²) in [5, 5.41) is 46.5. The molecule has 6 rings (SSSR count). The number of ketones is 2. The maximum absolute atomic E-state index is 14.2. The smallest absolute Gasteiger partial charge is 0.261 e. The zero-order valence-corrected chi connectivity index (χ0v) is 26.4. The highest BCUT2D eigenvalue weighted by molar-refractivity contribution is 6.24. The molecule has 4 aliphatic rings. The molecule has 3 amide bonds. The second-order valence-corrected chi connectivity index (χ2v) is 13.1. The summed E-state index contributed by atoms with van der Waals surface area (Å²) in [5.74, 6) is -8.34. The van der Waals surface area contributed by atoms with Gasteiger partial charge in [-0.05, 0) is 75.0 Å². The molecule has 1 heterocycles. The molecule has 4 atom stereocenters. The van der Waals surface area contributed by atoms with Crippen molar-refractivity contribution in [2.75, 3.05) is 14.1 Å². The quantitative estimate of drug-likeness (QED) is 0.162. The first-order valence-corrected chi connectivity index (χ1v) is 15.7. The van der Waals surface area contributed by atoms with Crippen molar-refractivity contribution < 1.29 is 44.4 Å². The van der Waals surface area contributed by atoms with Crippen LogP contribution in [0.25, 0.3) is 5.76 Å². The lowest BCUT2D eigenvalue weighted by Crippen LogP contribution is -2.65. The van der Waals surface area contributed by atoms with E-state index in [-0.39, 0.29) is 47.2 Å². The van der Waals surface area contributed by atoms with Crippen LogP contribution in [0.4, 0.5) is 0 Å². The van der Waals surface area contributed by atoms with Crippen LogP contribution in [0.15, 0.2) is 47.2 Å². The number of nitrogens with zero attached hydrogens (tertiary/aromatic N) is 2. The first-order valence-electron chi connectivity index (χ1n) is 15.7. The highest BCUT2D eigenvalue weighted by Gasteiger charge is 2.64. The number of unbranched alkanes of at least 4 members (excludes halogenated alkanes) is 2. The van der Waals surface area contributed by atoms with Gasteiger partial charge in [0.25, 0.3) is 17.7 Å². The molecule has 3 aliphatic carbocycles. The van der Waals surface area contributed by atoms with Gasteiger partial charge >= 0.3 is 0 Å². The molecule has 47 heavy (non-hydrogen) atoms. The molecular formula is C35H37N3O9. The van der Waals surface area contributed by atoms with Crippen molar-refractivity contribution in [3.63, 3.8) is 0 Å². The predicted molar refractivity (Wildman–Crippen MR) is 168 cm³/mol. The monoisotopic (exact) mass is 643 g/mol. The van der Waals surface area contributed by atoms with E-state index in [0.717, 1.165) is 29.7 Å². The number of aliphatic hydroxyl groups excluding tert-OH is 2. The minimum Gasteiger partial charge on any atom is -0.508 e. The van der Waals surface area contributed by atoms with Crippen LogP contribution in [-0.2, 0) is 33.8 Å². The lowest BCUT2D eigenvalue weighted by Gasteiger charge is -2.50. The molecule has 0 radical (unpaired) electrons. The van der Waals surface area contributed by atoms with Crippen molar-refractivity contribution in [1.82, 2.24) is 9.80 Å². The van der Waals surface area contributed by atoms with E-state index < -0.39 is 75.6 Å². The number of rotatable bonds is 8. The number of carbonyl (C=O) groups excluding carboxylic acids is 5. The lowest BCUT2D eigenvalue weighted by molar-refractivity contribution is -0.153. The van der Waals surface area contributed by atoms with Crippen LogP contribution in [0.5, 0.6) is 5.75 Å². The molecule has 1 saturated carbocycles. The SMILES string of the molecule is CCCCCc1cc(CN2C(=O)c3ccccc3C2=O)c(O)c2c1C[C@H]1C[C@@H]3[C@H](N(C)C)C(=O)C(C(N)=O)=C(O)[C@@]3(O)C(=O)C1=C2O. The van der Waals surface area contributed by atoms with Gasteiger partial charge in [0.2, 0.25) is 5.78 Å². The Morgan fingerprint density at radius 3 is 2.23 bits per heavy atom. The molecule has 0 bridgehead atoms. The number of aromatic hydroxyl groups is 1. The summed E-state index contributed by atoms with van der Waals surface area (Å²) >= 11 is 0. The van der Waals surface area contributed by atoms with E-state index in [4.69, 9.17) is 5.73 Å². The van der Waals surface area contributed by atoms with Gasteiger partial charge in [0.1, 0.15) is 22.8 Å². The molecule has 1 fully saturated rings. The molecule has 246 valence electrons. The largest absolute Gasteiger partial charge is 0.508 e. The molecule has 12 nitrogen and oxygen atoms in total. The summed E-state index contributed by atoms with van der Waals surface area (Å²) in [6, 6.07) is 6.96. The fraction of sp³-hybridized carbons (Fsp3) is 0.400. The fourth-order valence-electron chi connectivity index (χ4n) is 7.91. The van der Waals surface area contributed by atoms with E-state index in [0.29, 0.717) is 12.0 Å². The number of benzene rings is 2. The minimum atomic E-state index is -2.75. The van der Waals surface area contributed by atoms with Crippen molar-refractivity contribution in [3.8, 4) is 5.75 Å². The molecular weight excluding hydrogens is 606 g/mol. The first-order chi connectivity index (χ1) is 22.2. The van der Waals surface area contributed by atoms with Gasteiger partial charge in [0.05, 0.1) is 29.3 Å². The molecule has 0 unspecified atom stereocenters. The number of fused-ring (bicyclic) bond motifs is 4. The van der Waals surface area contributed by atoms with Gasteiger partial charge < -0.3 is 26.2 Å². The van der Waals surface area contributed by atoms with E-state index in [1.807, 2.05) is 0 Å². The second-order valence-electron chi connectivity index (χ2n) is 13.1. The van der Waals surface area contributed by atoms with Gasteiger partial charge in [0.15, 0.2) is 11.4 Å². The van der Waals surface area contributed by atoms with Gasteiger partial charge in [-0.25, -0.2) is 0 Å². The van der Waals surface area contributed by atoms with E-state index >= 15 is 0 Å². The third-order valence-electron chi connectivity index (χ3n) is 10.1. The van der Waals surface area contributed by atoms with Gasteiger partial charge in [-0.2, -0.15) is 0 Å². The molecule has 0 saturated heterocycles. The van der Waals surface area contributed by atoms with Crippen LogP contribution in [-0.4, -0.2) is 85.3 Å². The summed E-state index contributed by atoms with van der Waals surface area (Å²) in [4.78, 5) is 68.7. The number of hydrogen-bond acceptors (Lipinski definition) is 10. The highest BCUT2D eigenvalue weighted by Crippen LogP contribution is 2.53. The molecule has 0 aromatic heterocycles. The number of phenolic OH excluding ortho intramolecular Hbond substituents is 1. The first kappa shape index (κ1) is 32.1. The molecule has 2 aromatic carbocycles. The van der Waals surface area contributed by atoms with Crippen molar-refractivity contribution in [3.05, 3.63) is 80.6 Å². The standard InChI is InChI=1S/C35H37N3O9/c1-4-5-6-9-16-12-18(15-38-33(45)19-10-7-8-11-20(19)34(38)46)27(39)24-21(16)13-17-14-22-26(37(2)3)29(41)25(32(36)44)31(43)35(22,47)30(42)23(17)28(24)40/h7-8,10-12,17,22,26,39-40,43,47H,4-6,9,13-15H2,1-3H3,(H2,36,44)/t17-,22+,26-,35-/m0/s1. The third kappa shape index (κ3) is 4.61. The highest BCUT2D eigenvalue weighted by atomic mass is 16.3. The number of Topliss-reactive ketones (excluding diaryl/α,β-unsaturated/α-hetero) is 2. The number of aryl methyl sites for hydroxylation is 1. The summed E-state index contributed by atoms with van der Waals surface area (Å²) in [6.07, 6.45) is 3.30. The van der Waals surface area contributed by atoms with Crippen LogP contribution >= 0.6 is 0 Å². The van der Waals surface area contributed by atoms with Crippen molar-refractivity contribution in [2.45, 2.75) is 63.6 Å². The number of nitrogens with two attached hydrogens (primary N) is 1. The minimum absolute atomic E-state index is 0.0162. The number of aliphatic hydroxyl groups is 3. The van der Waals surface area contributed by atoms with E-state index in [1.165, 1.54) is 4.90 Å². The number of primary amides is 1. The Morgan fingerprint density at radius 1 is 1.02 bits per heavy atom. The Hall–Kier alpha value is -4.81. The van der Waals surface area contributed by atoms with Crippen molar-refractivity contribution in [2.24, 2.45) is 17.6 Å². The topological polar surface area (TPSA) is 199 Å². The number of likely N-dealkylation sites (N-methyl/N-ethyl adjacent to an activating group) is 1. The summed E-state index contributed by atoms with van der Waals surface area (Å²) in [5.41, 5.74) is 3.48. The number of amides is 3. The number of carbonyl (C=O) groups is 5. The normalized spacial score (nSPS) is 25.3. The molecule has 6 N–H and O–H groups in total. The Kier molecular flexibility index (Phi) is 7.84. The van der Waals surface area contributed by atoms with Crippen LogP contribution in [0.1, 0.15) is 75.6 Å². The van der Waals surface area contributed by atoms with Gasteiger partial charge in [-0.3, -0.25) is 33.8 Å². The van der Waals surface area contributed by atoms with Crippen molar-refractivity contribution in [1.29, 1.82) is 0 Å². The zero-order valence-electron chi connectivity index (χ0n) is 26.4. The lowest BCUT2D eigenvalue weighted by atomic mass is 9.57. The predicted octanol–water partition coefficient (Wildman–Crippen LogP) is 2.49. The summed E-state index contributed by atoms with van der Waals surface area (Å²) in [6.45, 7) is 1.76. The number of imide groups is 1. The Balaban J connectivity index is 1.50. The van der Waals surface area contributed by atoms with Crippen LogP contribution in [0.2, 0.25) is 0 Å². The van der Waals surface area contributed by atoms with Gasteiger partial charge in [0, 0.05) is 17.1 Å². The van der Waals surface area contributed by atoms with Gasteiger partial charge in [-0.1, -0.05) is 31.9 Å². The zero-order chi connectivity index (χ0) is 34.1.